The quantitative estimate of drug-likeness (QED) is 0.0167. The van der Waals surface area contributed by atoms with Gasteiger partial charge in [0.15, 0.2) is 37.7 Å². The summed E-state index contributed by atoms with van der Waals surface area (Å²) in [6.07, 6.45) is -29.2. The van der Waals surface area contributed by atoms with Crippen LogP contribution in [-0.2, 0) is 76.0 Å². The second-order valence-electron chi connectivity index (χ2n) is 25.3. The number of nitrogens with one attached hydrogen (secondary N) is 5. The highest BCUT2D eigenvalue weighted by Gasteiger charge is 2.57. The average molecular weight is 1440 g/mol. The highest BCUT2D eigenvalue weighted by Crippen LogP contribution is 2.36. The van der Waals surface area contributed by atoms with Crippen LogP contribution in [0, 0.1) is 0 Å². The molecule has 0 bridgehead atoms. The molecule has 572 valence electrons. The Morgan fingerprint density at radius 2 is 1.05 bits per heavy atom. The lowest BCUT2D eigenvalue weighted by Gasteiger charge is -2.51. The third-order valence-corrected chi connectivity index (χ3v) is 17.6. The van der Waals surface area contributed by atoms with Crippen LogP contribution in [0.25, 0.3) is 0 Å². The smallest absolute Gasteiger partial charge is 0.251 e. The molecule has 18 N–H and O–H groups in total. The third-order valence-electron chi connectivity index (χ3n) is 17.6. The summed E-state index contributed by atoms with van der Waals surface area (Å²) in [7, 11) is 1.22. The maximum absolute atomic E-state index is 14.0. The van der Waals surface area contributed by atoms with Crippen molar-refractivity contribution in [2.75, 3.05) is 53.4 Å². The van der Waals surface area contributed by atoms with Crippen LogP contribution in [0.2, 0.25) is 0 Å². The van der Waals surface area contributed by atoms with Gasteiger partial charge in [-0.15, -0.1) is 0 Å². The lowest BCUT2D eigenvalue weighted by atomic mass is 9.93. The molecule has 29 atom stereocenters. The van der Waals surface area contributed by atoms with E-state index in [0.717, 1.165) is 53.4 Å². The number of aliphatic hydroxyl groups is 13. The Hall–Kier alpha value is -4.89. The minimum absolute atomic E-state index is 0.0503. The van der Waals surface area contributed by atoms with Crippen LogP contribution >= 0.6 is 0 Å². The Bertz CT molecular complexity index is 2700. The zero-order valence-electron chi connectivity index (χ0n) is 57.3. The van der Waals surface area contributed by atoms with Crippen LogP contribution in [0.1, 0.15) is 104 Å². The molecule has 0 aromatic heterocycles. The largest absolute Gasteiger partial charge is 0.494 e. The van der Waals surface area contributed by atoms with E-state index in [-0.39, 0.29) is 5.56 Å². The summed E-state index contributed by atoms with van der Waals surface area (Å²) in [6, 6.07) is -2.14. The Morgan fingerprint density at radius 1 is 0.560 bits per heavy atom. The fourth-order valence-electron chi connectivity index (χ4n) is 12.2. The minimum atomic E-state index is -2.05. The molecule has 5 heterocycles. The van der Waals surface area contributed by atoms with Crippen molar-refractivity contribution >= 4 is 29.5 Å². The first-order chi connectivity index (χ1) is 47.6. The van der Waals surface area contributed by atoms with Gasteiger partial charge in [-0.2, -0.15) is 0 Å². The van der Waals surface area contributed by atoms with Crippen LogP contribution < -0.4 is 31.3 Å². The summed E-state index contributed by atoms with van der Waals surface area (Å²) < 4.78 is 78.1. The number of hydrogen-bond donors (Lipinski definition) is 18. The maximum Gasteiger partial charge on any atom is 0.251 e. The lowest BCUT2D eigenvalue weighted by Crippen LogP contribution is -2.72. The number of benzene rings is 1. The van der Waals surface area contributed by atoms with E-state index in [9.17, 15) is 90.4 Å². The van der Waals surface area contributed by atoms with Gasteiger partial charge in [0.05, 0.1) is 58.5 Å². The Labute approximate surface area is 578 Å². The molecule has 1 aromatic carbocycles. The summed E-state index contributed by atoms with van der Waals surface area (Å²) in [4.78, 5) is 64.8. The Kier molecular flexibility index (Phi) is 34.4. The number of ether oxygens (including phenoxy) is 13. The van der Waals surface area contributed by atoms with Crippen molar-refractivity contribution in [2.45, 2.75) is 271 Å². The van der Waals surface area contributed by atoms with Crippen molar-refractivity contribution < 1.29 is 152 Å². The number of allylic oxidation sites excluding steroid dienone is 2. The molecule has 100 heavy (non-hydrogen) atoms. The molecule has 0 saturated carbocycles. The molecule has 0 aliphatic carbocycles. The molecule has 36 nitrogen and oxygen atoms in total. The predicted molar refractivity (Wildman–Crippen MR) is 340 cm³/mol. The molecular weight excluding hydrogens is 1330 g/mol. The summed E-state index contributed by atoms with van der Waals surface area (Å²) in [5.41, 5.74) is 0.0503. The van der Waals surface area contributed by atoms with Gasteiger partial charge in [-0.3, -0.25) is 24.0 Å². The summed E-state index contributed by atoms with van der Waals surface area (Å²) in [5.74, 6) is -3.54. The molecule has 5 fully saturated rings. The van der Waals surface area contributed by atoms with E-state index < -0.39 is 247 Å². The van der Waals surface area contributed by atoms with Crippen molar-refractivity contribution in [1.82, 2.24) is 26.6 Å². The van der Waals surface area contributed by atoms with Crippen molar-refractivity contribution in [3.8, 4) is 5.75 Å². The number of aliphatic hydroxyl groups excluding tert-OH is 13. The molecule has 6 rings (SSSR count). The predicted octanol–water partition coefficient (Wildman–Crippen LogP) is -6.08. The normalized spacial score (nSPS) is 36.0. The van der Waals surface area contributed by atoms with Gasteiger partial charge in [0.1, 0.15) is 134 Å². The Balaban J connectivity index is 1.19. The fourth-order valence-corrected chi connectivity index (χ4v) is 12.2. The van der Waals surface area contributed by atoms with Crippen molar-refractivity contribution in [3.05, 3.63) is 42.0 Å². The van der Waals surface area contributed by atoms with Gasteiger partial charge >= 0.3 is 0 Å². The second kappa shape index (κ2) is 41.0. The van der Waals surface area contributed by atoms with Crippen LogP contribution in [0.15, 0.2) is 36.4 Å². The number of amides is 5. The minimum Gasteiger partial charge on any atom is -0.494 e. The zero-order valence-corrected chi connectivity index (χ0v) is 57.3. The SMILES string of the molecule is CCCCCC/C=C\CCCOc1cccc(C(=O)N[C@@H]2C(O[C@H]3C(O)C(NC(C)=O)[C@H](OC4C(CO)O[C@@H](O[C@H]5C(O)C(NC(C)=O)C(OC(C)C(CO[C@@H]6OC(C)C(O)[C@H](O)[C@H]6OC)OC(O)[C@H](CO)NC(C)=O)O[C@H]5CO)[C@@H](NC(C)=O)[C@H]4O)O[C@H]3CO)OC(CO)[C@@H](O)C2O)c1. The van der Waals surface area contributed by atoms with Gasteiger partial charge in [-0.1, -0.05) is 44.4 Å². The van der Waals surface area contributed by atoms with E-state index >= 15 is 0 Å². The molecule has 5 amide bonds. The molecule has 5 aliphatic rings. The van der Waals surface area contributed by atoms with Gasteiger partial charge in [0, 0.05) is 40.4 Å². The van der Waals surface area contributed by atoms with Gasteiger partial charge in [-0.25, -0.2) is 0 Å². The van der Waals surface area contributed by atoms with Crippen molar-refractivity contribution in [1.29, 1.82) is 0 Å². The zero-order chi connectivity index (χ0) is 73.7. The average Bonchev–Trinajstić information content (AvgIpc) is 0.770. The first-order valence-corrected chi connectivity index (χ1v) is 33.6. The number of carbonyl (C=O) groups is 5. The van der Waals surface area contributed by atoms with E-state index in [2.05, 4.69) is 45.7 Å². The molecule has 0 radical (unpaired) electrons. The van der Waals surface area contributed by atoms with E-state index in [1.54, 1.807) is 12.1 Å². The molecule has 1 aromatic rings. The topological polar surface area (TPSA) is 528 Å². The molecule has 36 heteroatoms. The van der Waals surface area contributed by atoms with Gasteiger partial charge < -0.3 is 155 Å². The van der Waals surface area contributed by atoms with E-state index in [0.29, 0.717) is 18.8 Å². The van der Waals surface area contributed by atoms with Gasteiger partial charge in [0.2, 0.25) is 23.6 Å². The van der Waals surface area contributed by atoms with Crippen LogP contribution in [-0.4, -0.2) is 327 Å². The van der Waals surface area contributed by atoms with Crippen molar-refractivity contribution in [3.63, 3.8) is 0 Å². The summed E-state index contributed by atoms with van der Waals surface area (Å²) in [5, 5.41) is 157. The molecular formula is C64H105N5O31. The standard InChI is InChI=1S/C64H105N5O31/c1-9-10-11-12-13-14-15-16-17-21-89-36-20-18-19-35(22-36)58(86)69-43-49(81)48(80)38(24-71)94-61(43)98-55-40(26-73)96-63(45(51(55)83)67-33(6)77)100-56-41(27-74)97-62(46(52(56)84)68-34(7)78)99-54-39(25-72)95-60(44(50(54)82)66-32(5)76)91-29(2)42(93-59(87)37(23-70)65-31(4)75)28-90-64-57(88-8)53(85)47(79)30(3)92-64/h14-15,18-20,22,29-30,37-57,59-64,70-74,79-85,87H,9-13,16-17,21,23-28H2,1-8H3,(H,65,75)(H,66,76)(H,67,77)(H,68,78)(H,69,86)/b15-14-/t29?,30?,37-,38?,39-,40-,41?,42?,43-,44?,45?,46-,47?,48+,49?,50?,51?,52+,53-,54+,55+,56?,57+,59?,60?,61?,62-,63-,64+/m0/s1. The number of rotatable bonds is 37. The monoisotopic (exact) mass is 1440 g/mol. The number of hydrogen-bond acceptors (Lipinski definition) is 31. The number of carbonyl (C=O) groups excluding carboxylic acids is 5. The van der Waals surface area contributed by atoms with Gasteiger partial charge in [-0.05, 0) is 57.7 Å². The van der Waals surface area contributed by atoms with Crippen LogP contribution in [0.4, 0.5) is 0 Å². The summed E-state index contributed by atoms with van der Waals surface area (Å²) >= 11 is 0. The molecule has 15 unspecified atom stereocenters. The van der Waals surface area contributed by atoms with E-state index in [1.165, 1.54) is 45.9 Å². The third kappa shape index (κ3) is 22.8. The maximum atomic E-state index is 14.0. The fraction of sp³-hybridized carbons (Fsp3) is 0.797. The van der Waals surface area contributed by atoms with Crippen LogP contribution in [0.5, 0.6) is 5.75 Å². The summed E-state index contributed by atoms with van der Waals surface area (Å²) in [6.45, 7) is 4.25. The molecule has 5 saturated heterocycles. The van der Waals surface area contributed by atoms with Crippen LogP contribution in [0.3, 0.4) is 0 Å². The van der Waals surface area contributed by atoms with E-state index in [1.807, 2.05) is 0 Å². The first kappa shape index (κ1) is 84.1. The molecule has 5 aliphatic heterocycles. The number of unbranched alkanes of at least 4 members (excludes halogenated alkanes) is 5. The highest BCUT2D eigenvalue weighted by atomic mass is 16.8. The lowest BCUT2D eigenvalue weighted by molar-refractivity contribution is -0.364. The van der Waals surface area contributed by atoms with Gasteiger partial charge in [0.25, 0.3) is 5.91 Å². The highest BCUT2D eigenvalue weighted by molar-refractivity contribution is 5.94. The molecule has 0 spiro atoms. The van der Waals surface area contributed by atoms with E-state index in [4.69, 9.17) is 61.6 Å². The first-order valence-electron chi connectivity index (χ1n) is 33.6. The second-order valence-corrected chi connectivity index (χ2v) is 25.3. The Morgan fingerprint density at radius 3 is 1.53 bits per heavy atom. The van der Waals surface area contributed by atoms with Crippen molar-refractivity contribution in [2.24, 2.45) is 0 Å². The number of methoxy groups -OCH3 is 1.